The summed E-state index contributed by atoms with van der Waals surface area (Å²) in [6.07, 6.45) is 1.46. The average Bonchev–Trinajstić information content (AvgIpc) is 3.10. The van der Waals surface area contributed by atoms with Crippen molar-refractivity contribution in [2.75, 3.05) is 11.1 Å². The summed E-state index contributed by atoms with van der Waals surface area (Å²) in [5, 5.41) is 19.5. The second-order valence-corrected chi connectivity index (χ2v) is 3.80. The molecule has 1 aromatic carbocycles. The van der Waals surface area contributed by atoms with E-state index in [9.17, 15) is 4.79 Å². The van der Waals surface area contributed by atoms with Crippen molar-refractivity contribution in [1.82, 2.24) is 35.4 Å². The first-order chi connectivity index (χ1) is 9.72. The number of nitrogens with zero attached hydrogens (tertiary/aromatic N) is 6. The standard InChI is InChI=1S/C10H9N9O/c11-10-14-8(15-16-10)9(20)13-6-2-1-3-7(4-6)19-5-12-17-18-19/h1-5H,(H,13,20)(H3,11,14,15,16). The molecule has 0 atom stereocenters. The molecule has 10 nitrogen and oxygen atoms in total. The molecule has 0 fully saturated rings. The minimum absolute atomic E-state index is 0.0117. The van der Waals surface area contributed by atoms with Gasteiger partial charge in [-0.15, -0.1) is 10.2 Å². The van der Waals surface area contributed by atoms with E-state index in [4.69, 9.17) is 5.73 Å². The van der Waals surface area contributed by atoms with Crippen LogP contribution in [0.1, 0.15) is 10.6 Å². The lowest BCUT2D eigenvalue weighted by Gasteiger charge is -2.05. The van der Waals surface area contributed by atoms with Crippen molar-refractivity contribution in [3.63, 3.8) is 0 Å². The molecule has 2 heterocycles. The third kappa shape index (κ3) is 2.29. The number of benzene rings is 1. The number of H-pyrrole nitrogens is 1. The first-order valence-corrected chi connectivity index (χ1v) is 5.55. The van der Waals surface area contributed by atoms with Crippen molar-refractivity contribution in [3.05, 3.63) is 36.4 Å². The first kappa shape index (κ1) is 11.8. The third-order valence-corrected chi connectivity index (χ3v) is 2.44. The highest BCUT2D eigenvalue weighted by atomic mass is 16.2. The van der Waals surface area contributed by atoms with E-state index in [1.807, 2.05) is 0 Å². The number of amides is 1. The van der Waals surface area contributed by atoms with E-state index < -0.39 is 5.91 Å². The molecule has 3 rings (SSSR count). The van der Waals surface area contributed by atoms with E-state index in [2.05, 4.69) is 36.0 Å². The Hall–Kier alpha value is -3.30. The molecule has 2 aromatic heterocycles. The van der Waals surface area contributed by atoms with Crippen LogP contribution in [-0.4, -0.2) is 41.3 Å². The van der Waals surface area contributed by atoms with Crippen LogP contribution in [0.5, 0.6) is 0 Å². The lowest BCUT2D eigenvalue weighted by molar-refractivity contribution is 0.101. The van der Waals surface area contributed by atoms with Gasteiger partial charge in [-0.2, -0.15) is 4.98 Å². The monoisotopic (exact) mass is 271 g/mol. The number of hydrogen-bond donors (Lipinski definition) is 3. The predicted molar refractivity (Wildman–Crippen MR) is 67.9 cm³/mol. The van der Waals surface area contributed by atoms with Crippen LogP contribution < -0.4 is 11.1 Å². The second-order valence-electron chi connectivity index (χ2n) is 3.80. The van der Waals surface area contributed by atoms with E-state index in [1.165, 1.54) is 11.0 Å². The number of carbonyl (C=O) groups excluding carboxylic acids is 1. The van der Waals surface area contributed by atoms with Crippen molar-refractivity contribution in [1.29, 1.82) is 0 Å². The molecule has 0 aliphatic heterocycles. The number of aromatic nitrogens is 7. The molecule has 0 saturated heterocycles. The van der Waals surface area contributed by atoms with Gasteiger partial charge in [-0.3, -0.25) is 9.89 Å². The van der Waals surface area contributed by atoms with Gasteiger partial charge in [-0.25, -0.2) is 4.68 Å². The normalized spacial score (nSPS) is 10.4. The zero-order chi connectivity index (χ0) is 13.9. The summed E-state index contributed by atoms with van der Waals surface area (Å²) < 4.78 is 1.47. The number of anilines is 2. The van der Waals surface area contributed by atoms with E-state index in [-0.39, 0.29) is 11.8 Å². The molecule has 10 heteroatoms. The van der Waals surface area contributed by atoms with E-state index in [0.717, 1.165) is 0 Å². The SMILES string of the molecule is Nc1n[nH]c(C(=O)Nc2cccc(-n3cnnn3)c2)n1. The number of aromatic amines is 1. The lowest BCUT2D eigenvalue weighted by Crippen LogP contribution is -2.14. The summed E-state index contributed by atoms with van der Waals surface area (Å²) in [4.78, 5) is 15.6. The number of nitrogens with one attached hydrogen (secondary N) is 2. The Morgan fingerprint density at radius 2 is 2.30 bits per heavy atom. The zero-order valence-electron chi connectivity index (χ0n) is 10.1. The number of hydrogen-bond acceptors (Lipinski definition) is 7. The van der Waals surface area contributed by atoms with Gasteiger partial charge in [0.1, 0.15) is 6.33 Å². The van der Waals surface area contributed by atoms with Gasteiger partial charge in [0.05, 0.1) is 5.69 Å². The fourth-order valence-corrected chi connectivity index (χ4v) is 1.57. The van der Waals surface area contributed by atoms with Crippen LogP contribution in [-0.2, 0) is 0 Å². The number of nitrogens with two attached hydrogens (primary N) is 1. The van der Waals surface area contributed by atoms with Crippen molar-refractivity contribution in [2.24, 2.45) is 0 Å². The summed E-state index contributed by atoms with van der Waals surface area (Å²) in [6.45, 7) is 0. The summed E-state index contributed by atoms with van der Waals surface area (Å²) >= 11 is 0. The molecule has 1 amide bonds. The van der Waals surface area contributed by atoms with E-state index in [0.29, 0.717) is 11.4 Å². The molecular formula is C10H9N9O. The van der Waals surface area contributed by atoms with Crippen LogP contribution in [0, 0.1) is 0 Å². The molecule has 3 aromatic rings. The quantitative estimate of drug-likeness (QED) is 0.589. The topological polar surface area (TPSA) is 140 Å². The van der Waals surface area contributed by atoms with Gasteiger partial charge in [-0.1, -0.05) is 6.07 Å². The molecule has 0 spiro atoms. The van der Waals surface area contributed by atoms with Crippen LogP contribution in [0.15, 0.2) is 30.6 Å². The Morgan fingerprint density at radius 1 is 1.40 bits per heavy atom. The van der Waals surface area contributed by atoms with Crippen LogP contribution >= 0.6 is 0 Å². The van der Waals surface area contributed by atoms with Crippen LogP contribution in [0.4, 0.5) is 11.6 Å². The molecule has 20 heavy (non-hydrogen) atoms. The van der Waals surface area contributed by atoms with Crippen molar-refractivity contribution in [3.8, 4) is 5.69 Å². The first-order valence-electron chi connectivity index (χ1n) is 5.55. The number of tetrazole rings is 1. The second kappa shape index (κ2) is 4.76. The molecule has 4 N–H and O–H groups in total. The van der Waals surface area contributed by atoms with E-state index >= 15 is 0 Å². The minimum atomic E-state index is -0.442. The summed E-state index contributed by atoms with van der Waals surface area (Å²) in [5.41, 5.74) is 6.62. The van der Waals surface area contributed by atoms with Crippen LogP contribution in [0.3, 0.4) is 0 Å². The largest absolute Gasteiger partial charge is 0.366 e. The summed E-state index contributed by atoms with van der Waals surface area (Å²) in [5.74, 6) is -0.393. The van der Waals surface area contributed by atoms with Crippen molar-refractivity contribution >= 4 is 17.5 Å². The van der Waals surface area contributed by atoms with Gasteiger partial charge in [0, 0.05) is 5.69 Å². The Balaban J connectivity index is 1.81. The van der Waals surface area contributed by atoms with Crippen LogP contribution in [0.25, 0.3) is 5.69 Å². The fourth-order valence-electron chi connectivity index (χ4n) is 1.57. The zero-order valence-corrected chi connectivity index (χ0v) is 10.1. The number of rotatable bonds is 3. The maximum atomic E-state index is 11.9. The van der Waals surface area contributed by atoms with Crippen molar-refractivity contribution in [2.45, 2.75) is 0 Å². The Morgan fingerprint density at radius 3 is 3.00 bits per heavy atom. The van der Waals surface area contributed by atoms with Gasteiger partial charge < -0.3 is 11.1 Å². The Bertz CT molecular complexity index is 733. The molecule has 0 radical (unpaired) electrons. The smallest absolute Gasteiger partial charge is 0.293 e. The molecule has 0 saturated carbocycles. The molecule has 0 unspecified atom stereocenters. The van der Waals surface area contributed by atoms with Crippen molar-refractivity contribution < 1.29 is 4.79 Å². The summed E-state index contributed by atoms with van der Waals surface area (Å²) in [7, 11) is 0. The maximum absolute atomic E-state index is 11.9. The van der Waals surface area contributed by atoms with Crippen LogP contribution in [0.2, 0.25) is 0 Å². The van der Waals surface area contributed by atoms with Gasteiger partial charge in [0.25, 0.3) is 5.91 Å². The maximum Gasteiger partial charge on any atom is 0.293 e. The molecule has 100 valence electrons. The predicted octanol–water partition coefficient (Wildman–Crippen LogP) is -0.385. The highest BCUT2D eigenvalue weighted by Gasteiger charge is 2.11. The van der Waals surface area contributed by atoms with Gasteiger partial charge >= 0.3 is 0 Å². The Labute approximate surface area is 112 Å². The molecular weight excluding hydrogens is 262 g/mol. The third-order valence-electron chi connectivity index (χ3n) is 2.44. The highest BCUT2D eigenvalue weighted by Crippen LogP contribution is 2.13. The fraction of sp³-hybridized carbons (Fsp3) is 0. The highest BCUT2D eigenvalue weighted by molar-refractivity contribution is 6.01. The average molecular weight is 271 g/mol. The molecule has 0 bridgehead atoms. The molecule has 0 aliphatic rings. The minimum Gasteiger partial charge on any atom is -0.366 e. The van der Waals surface area contributed by atoms with E-state index in [1.54, 1.807) is 24.3 Å². The number of carbonyl (C=O) groups is 1. The number of nitrogen functional groups attached to an aromatic ring is 1. The molecule has 0 aliphatic carbocycles. The van der Waals surface area contributed by atoms with Gasteiger partial charge in [0.15, 0.2) is 0 Å². The Kier molecular flexibility index (Phi) is 2.80. The summed E-state index contributed by atoms with van der Waals surface area (Å²) in [6, 6.07) is 7.01. The lowest BCUT2D eigenvalue weighted by atomic mass is 10.2. The van der Waals surface area contributed by atoms with Gasteiger partial charge in [-0.05, 0) is 28.6 Å². The van der Waals surface area contributed by atoms with Gasteiger partial charge in [0.2, 0.25) is 11.8 Å².